The fourth-order valence-corrected chi connectivity index (χ4v) is 2.55. The zero-order valence-electron chi connectivity index (χ0n) is 12.4. The first-order chi connectivity index (χ1) is 10.1. The zero-order valence-corrected chi connectivity index (χ0v) is 12.4. The SMILES string of the molecule is COc1cc(C)c(N2CC(CN=[N+]=[N-])CC2=O)cc1OC. The van der Waals surface area contributed by atoms with E-state index in [0.29, 0.717) is 31.0 Å². The van der Waals surface area contributed by atoms with Crippen LogP contribution < -0.4 is 14.4 Å². The lowest BCUT2D eigenvalue weighted by Crippen LogP contribution is -2.25. The number of nitrogens with zero attached hydrogens (tertiary/aromatic N) is 4. The molecule has 1 aromatic carbocycles. The Kier molecular flexibility index (Phi) is 4.55. The third kappa shape index (κ3) is 3.03. The first kappa shape index (κ1) is 15.0. The highest BCUT2D eigenvalue weighted by Crippen LogP contribution is 2.37. The van der Waals surface area contributed by atoms with Crippen molar-refractivity contribution in [1.82, 2.24) is 0 Å². The Bertz CT molecular complexity index is 596. The van der Waals surface area contributed by atoms with Crippen LogP contribution in [0.4, 0.5) is 5.69 Å². The molecule has 7 nitrogen and oxygen atoms in total. The van der Waals surface area contributed by atoms with E-state index in [1.165, 1.54) is 0 Å². The molecule has 0 aliphatic carbocycles. The number of hydrogen-bond donors (Lipinski definition) is 0. The Morgan fingerprint density at radius 1 is 1.38 bits per heavy atom. The number of carbonyl (C=O) groups is 1. The van der Waals surface area contributed by atoms with Gasteiger partial charge in [0.25, 0.3) is 0 Å². The van der Waals surface area contributed by atoms with Crippen LogP contribution in [0.1, 0.15) is 12.0 Å². The van der Waals surface area contributed by atoms with Gasteiger partial charge < -0.3 is 14.4 Å². The molecule has 0 N–H and O–H groups in total. The maximum absolute atomic E-state index is 12.2. The van der Waals surface area contributed by atoms with E-state index >= 15 is 0 Å². The van der Waals surface area contributed by atoms with Crippen LogP contribution in [0.5, 0.6) is 11.5 Å². The van der Waals surface area contributed by atoms with Crippen molar-refractivity contribution >= 4 is 11.6 Å². The maximum Gasteiger partial charge on any atom is 0.227 e. The molecule has 1 saturated heterocycles. The minimum absolute atomic E-state index is 0.0310. The summed E-state index contributed by atoms with van der Waals surface area (Å²) >= 11 is 0. The Balaban J connectivity index is 2.29. The van der Waals surface area contributed by atoms with Gasteiger partial charge in [-0.1, -0.05) is 5.11 Å². The summed E-state index contributed by atoms with van der Waals surface area (Å²) in [6.45, 7) is 2.81. The van der Waals surface area contributed by atoms with Gasteiger partial charge >= 0.3 is 0 Å². The molecule has 1 atom stereocenters. The van der Waals surface area contributed by atoms with Crippen LogP contribution in [-0.2, 0) is 4.79 Å². The van der Waals surface area contributed by atoms with Crippen molar-refractivity contribution in [3.8, 4) is 11.5 Å². The van der Waals surface area contributed by atoms with E-state index in [4.69, 9.17) is 15.0 Å². The number of ether oxygens (including phenoxy) is 2. The van der Waals surface area contributed by atoms with Crippen molar-refractivity contribution in [1.29, 1.82) is 0 Å². The Morgan fingerprint density at radius 3 is 2.67 bits per heavy atom. The first-order valence-electron chi connectivity index (χ1n) is 6.64. The van der Waals surface area contributed by atoms with Gasteiger partial charge in [0.05, 0.1) is 19.9 Å². The highest BCUT2D eigenvalue weighted by molar-refractivity contribution is 5.96. The van der Waals surface area contributed by atoms with Crippen molar-refractivity contribution in [3.05, 3.63) is 28.1 Å². The topological polar surface area (TPSA) is 87.5 Å². The van der Waals surface area contributed by atoms with Gasteiger partial charge in [-0.2, -0.15) is 0 Å². The second-order valence-electron chi connectivity index (χ2n) is 4.98. The van der Waals surface area contributed by atoms with E-state index in [9.17, 15) is 4.79 Å². The number of rotatable bonds is 5. The number of aryl methyl sites for hydroxylation is 1. The van der Waals surface area contributed by atoms with E-state index in [0.717, 1.165) is 11.3 Å². The number of hydrogen-bond acceptors (Lipinski definition) is 4. The predicted molar refractivity (Wildman–Crippen MR) is 78.8 cm³/mol. The molecule has 1 aromatic rings. The van der Waals surface area contributed by atoms with Crippen molar-refractivity contribution in [2.24, 2.45) is 11.0 Å². The quantitative estimate of drug-likeness (QED) is 0.474. The fourth-order valence-electron chi connectivity index (χ4n) is 2.55. The van der Waals surface area contributed by atoms with Crippen LogP contribution in [-0.4, -0.2) is 33.2 Å². The summed E-state index contributed by atoms with van der Waals surface area (Å²) in [5.74, 6) is 1.31. The lowest BCUT2D eigenvalue weighted by molar-refractivity contribution is -0.117. The number of amides is 1. The summed E-state index contributed by atoms with van der Waals surface area (Å²) in [7, 11) is 3.14. The van der Waals surface area contributed by atoms with Crippen molar-refractivity contribution < 1.29 is 14.3 Å². The lowest BCUT2D eigenvalue weighted by atomic mass is 10.1. The van der Waals surface area contributed by atoms with Crippen LogP contribution in [0.3, 0.4) is 0 Å². The Hall–Kier alpha value is -2.40. The van der Waals surface area contributed by atoms with Gasteiger partial charge in [0.1, 0.15) is 0 Å². The number of carbonyl (C=O) groups excluding carboxylic acids is 1. The van der Waals surface area contributed by atoms with Crippen molar-refractivity contribution in [3.63, 3.8) is 0 Å². The molecule has 1 heterocycles. The molecule has 112 valence electrons. The summed E-state index contributed by atoms with van der Waals surface area (Å²) in [6.07, 6.45) is 0.396. The van der Waals surface area contributed by atoms with E-state index in [2.05, 4.69) is 10.0 Å². The van der Waals surface area contributed by atoms with E-state index in [1.807, 2.05) is 19.1 Å². The number of anilines is 1. The minimum Gasteiger partial charge on any atom is -0.493 e. The Morgan fingerprint density at radius 2 is 2.05 bits per heavy atom. The second-order valence-corrected chi connectivity index (χ2v) is 4.98. The molecule has 21 heavy (non-hydrogen) atoms. The smallest absolute Gasteiger partial charge is 0.227 e. The van der Waals surface area contributed by atoms with E-state index < -0.39 is 0 Å². The van der Waals surface area contributed by atoms with Crippen molar-refractivity contribution in [2.75, 3.05) is 32.2 Å². The monoisotopic (exact) mass is 290 g/mol. The number of benzene rings is 1. The molecular weight excluding hydrogens is 272 g/mol. The molecule has 1 amide bonds. The van der Waals surface area contributed by atoms with Crippen LogP contribution in [0.15, 0.2) is 17.2 Å². The minimum atomic E-state index is 0.0310. The number of azide groups is 1. The largest absolute Gasteiger partial charge is 0.493 e. The third-order valence-corrected chi connectivity index (χ3v) is 3.60. The van der Waals surface area contributed by atoms with Crippen LogP contribution in [0, 0.1) is 12.8 Å². The first-order valence-corrected chi connectivity index (χ1v) is 6.64. The molecule has 1 fully saturated rings. The average molecular weight is 290 g/mol. The highest BCUT2D eigenvalue weighted by Gasteiger charge is 2.31. The summed E-state index contributed by atoms with van der Waals surface area (Å²) in [5, 5.41) is 3.56. The summed E-state index contributed by atoms with van der Waals surface area (Å²) < 4.78 is 10.5. The summed E-state index contributed by atoms with van der Waals surface area (Å²) in [4.78, 5) is 16.6. The van der Waals surface area contributed by atoms with Gasteiger partial charge in [0.2, 0.25) is 5.91 Å². The molecule has 7 heteroatoms. The zero-order chi connectivity index (χ0) is 15.4. The molecule has 0 saturated carbocycles. The Labute approximate surface area is 123 Å². The van der Waals surface area contributed by atoms with Crippen LogP contribution in [0.2, 0.25) is 0 Å². The molecule has 0 aromatic heterocycles. The molecule has 0 spiro atoms. The van der Waals surface area contributed by atoms with Gasteiger partial charge in [0.15, 0.2) is 11.5 Å². The average Bonchev–Trinajstić information content (AvgIpc) is 2.85. The van der Waals surface area contributed by atoms with Gasteiger partial charge in [-0.25, -0.2) is 0 Å². The molecule has 1 aliphatic rings. The van der Waals surface area contributed by atoms with E-state index in [1.54, 1.807) is 19.1 Å². The summed E-state index contributed by atoms with van der Waals surface area (Å²) in [5.41, 5.74) is 10.1. The molecule has 0 radical (unpaired) electrons. The standard InChI is InChI=1S/C14H18N4O3/c1-9-4-12(20-2)13(21-3)6-11(9)18-8-10(5-14(18)19)7-16-17-15/h4,6,10H,5,7-8H2,1-3H3. The molecule has 1 aliphatic heterocycles. The maximum atomic E-state index is 12.2. The van der Waals surface area contributed by atoms with Gasteiger partial charge in [-0.15, -0.1) is 0 Å². The van der Waals surface area contributed by atoms with Crippen molar-refractivity contribution in [2.45, 2.75) is 13.3 Å². The summed E-state index contributed by atoms with van der Waals surface area (Å²) in [6, 6.07) is 3.66. The predicted octanol–water partition coefficient (Wildman–Crippen LogP) is 2.68. The van der Waals surface area contributed by atoms with Gasteiger partial charge in [-0.3, -0.25) is 4.79 Å². The number of methoxy groups -OCH3 is 2. The fraction of sp³-hybridized carbons (Fsp3) is 0.500. The second kappa shape index (κ2) is 6.37. The lowest BCUT2D eigenvalue weighted by Gasteiger charge is -2.21. The van der Waals surface area contributed by atoms with E-state index in [-0.39, 0.29) is 11.8 Å². The normalized spacial score (nSPS) is 17.6. The van der Waals surface area contributed by atoms with Gasteiger partial charge in [-0.05, 0) is 30.0 Å². The molecule has 0 bridgehead atoms. The molecular formula is C14H18N4O3. The third-order valence-electron chi connectivity index (χ3n) is 3.60. The molecule has 2 rings (SSSR count). The van der Waals surface area contributed by atoms with Crippen LogP contribution >= 0.6 is 0 Å². The van der Waals surface area contributed by atoms with Gasteiger partial charge in [0, 0.05) is 30.5 Å². The highest BCUT2D eigenvalue weighted by atomic mass is 16.5. The van der Waals surface area contributed by atoms with Crippen LogP contribution in [0.25, 0.3) is 10.4 Å². The molecule has 1 unspecified atom stereocenters.